The average molecular weight is 368 g/mol. The van der Waals surface area contributed by atoms with Crippen LogP contribution in [0.2, 0.25) is 0 Å². The number of rotatable bonds is 4. The van der Waals surface area contributed by atoms with Crippen LogP contribution in [-0.2, 0) is 11.3 Å². The number of hydrogen-bond donors (Lipinski definition) is 0. The van der Waals surface area contributed by atoms with Crippen LogP contribution in [0, 0.1) is 0 Å². The molecule has 0 aliphatic carbocycles. The fourth-order valence-electron chi connectivity index (χ4n) is 4.16. The van der Waals surface area contributed by atoms with E-state index in [1.165, 1.54) is 0 Å². The van der Waals surface area contributed by atoms with Gasteiger partial charge in [0.05, 0.1) is 13.2 Å². The number of imidazole rings is 1. The molecule has 0 N–H and O–H groups in total. The second kappa shape index (κ2) is 8.13. The molecule has 4 rings (SSSR count). The van der Waals surface area contributed by atoms with Gasteiger partial charge in [-0.3, -0.25) is 4.79 Å². The van der Waals surface area contributed by atoms with Gasteiger partial charge in [0.1, 0.15) is 5.82 Å². The van der Waals surface area contributed by atoms with Crippen LogP contribution in [0.25, 0.3) is 0 Å². The van der Waals surface area contributed by atoms with Crippen LogP contribution in [0.15, 0.2) is 36.7 Å². The highest BCUT2D eigenvalue weighted by atomic mass is 16.5. The van der Waals surface area contributed by atoms with Crippen molar-refractivity contribution in [1.82, 2.24) is 14.5 Å². The molecule has 6 nitrogen and oxygen atoms in total. The van der Waals surface area contributed by atoms with Gasteiger partial charge in [0.25, 0.3) is 5.91 Å². The minimum absolute atomic E-state index is 0.129. The quantitative estimate of drug-likeness (QED) is 0.833. The summed E-state index contributed by atoms with van der Waals surface area (Å²) >= 11 is 0. The molecule has 2 aliphatic rings. The molecule has 1 amide bonds. The molecule has 6 heteroatoms. The van der Waals surface area contributed by atoms with E-state index in [1.54, 1.807) is 0 Å². The highest BCUT2D eigenvalue weighted by molar-refractivity contribution is 5.95. The number of anilines is 1. The molecule has 0 unspecified atom stereocenters. The summed E-state index contributed by atoms with van der Waals surface area (Å²) in [4.78, 5) is 22.0. The van der Waals surface area contributed by atoms with Crippen LogP contribution in [-0.4, -0.2) is 59.8 Å². The normalized spacial score (nSPS) is 20.7. The first-order valence-electron chi connectivity index (χ1n) is 9.99. The van der Waals surface area contributed by atoms with Crippen LogP contribution < -0.4 is 4.90 Å². The molecule has 0 radical (unpaired) electrons. The molecule has 0 saturated carbocycles. The Morgan fingerprint density at radius 1 is 1.26 bits per heavy atom. The zero-order valence-electron chi connectivity index (χ0n) is 16.0. The number of morpholine rings is 1. The Bertz CT molecular complexity index is 782. The maximum atomic E-state index is 13.2. The van der Waals surface area contributed by atoms with E-state index in [1.807, 2.05) is 35.5 Å². The Morgan fingerprint density at radius 2 is 2.11 bits per heavy atom. The number of amides is 1. The molecule has 2 aliphatic heterocycles. The van der Waals surface area contributed by atoms with Crippen molar-refractivity contribution in [2.24, 2.45) is 0 Å². The van der Waals surface area contributed by atoms with Gasteiger partial charge in [-0.1, -0.05) is 6.07 Å². The number of nitrogens with zero attached hydrogens (tertiary/aromatic N) is 4. The maximum absolute atomic E-state index is 13.2. The second-order valence-corrected chi connectivity index (χ2v) is 7.31. The lowest BCUT2D eigenvalue weighted by atomic mass is 9.96. The standard InChI is InChI=1S/C21H28N4O2/c1-2-23-10-8-22-20(23)18-6-4-9-25(16-18)21(26)17-5-3-7-19(15-17)24-11-13-27-14-12-24/h3,5,7-8,10,15,18H,2,4,6,9,11-14,16H2,1H3/t18-/m1/s1. The van der Waals surface area contributed by atoms with Gasteiger partial charge in [0, 0.05) is 62.3 Å². The van der Waals surface area contributed by atoms with Crippen LogP contribution in [0.5, 0.6) is 0 Å². The summed E-state index contributed by atoms with van der Waals surface area (Å²) in [7, 11) is 0. The lowest BCUT2D eigenvalue weighted by molar-refractivity contribution is 0.0703. The number of piperidine rings is 1. The van der Waals surface area contributed by atoms with Gasteiger partial charge in [-0.2, -0.15) is 0 Å². The molecule has 1 aromatic heterocycles. The van der Waals surface area contributed by atoms with Crippen molar-refractivity contribution in [3.63, 3.8) is 0 Å². The molecule has 0 spiro atoms. The van der Waals surface area contributed by atoms with E-state index >= 15 is 0 Å². The fraction of sp³-hybridized carbons (Fsp3) is 0.524. The molecule has 0 bridgehead atoms. The zero-order chi connectivity index (χ0) is 18.6. The molecule has 1 aromatic carbocycles. The summed E-state index contributed by atoms with van der Waals surface area (Å²) in [6, 6.07) is 8.04. The van der Waals surface area contributed by atoms with Gasteiger partial charge in [0.2, 0.25) is 0 Å². The van der Waals surface area contributed by atoms with Crippen LogP contribution in [0.3, 0.4) is 0 Å². The Labute approximate surface area is 160 Å². The summed E-state index contributed by atoms with van der Waals surface area (Å²) in [6.07, 6.45) is 6.01. The third kappa shape index (κ3) is 3.86. The van der Waals surface area contributed by atoms with Crippen molar-refractivity contribution in [1.29, 1.82) is 0 Å². The van der Waals surface area contributed by atoms with Crippen molar-refractivity contribution in [2.75, 3.05) is 44.3 Å². The number of ether oxygens (including phenoxy) is 1. The summed E-state index contributed by atoms with van der Waals surface area (Å²) in [5.74, 6) is 1.56. The summed E-state index contributed by atoms with van der Waals surface area (Å²) in [5, 5.41) is 0. The number of aromatic nitrogens is 2. The predicted octanol–water partition coefficient (Wildman–Crippen LogP) is 2.76. The van der Waals surface area contributed by atoms with Crippen molar-refractivity contribution >= 4 is 11.6 Å². The van der Waals surface area contributed by atoms with Gasteiger partial charge in [-0.25, -0.2) is 4.98 Å². The highest BCUT2D eigenvalue weighted by Crippen LogP contribution is 2.27. The topological polar surface area (TPSA) is 50.6 Å². The van der Waals surface area contributed by atoms with Crippen LogP contribution in [0.4, 0.5) is 5.69 Å². The molecule has 144 valence electrons. The molecule has 2 saturated heterocycles. The summed E-state index contributed by atoms with van der Waals surface area (Å²) < 4.78 is 7.63. The lowest BCUT2D eigenvalue weighted by Gasteiger charge is -2.33. The number of carbonyl (C=O) groups is 1. The Morgan fingerprint density at radius 3 is 2.93 bits per heavy atom. The second-order valence-electron chi connectivity index (χ2n) is 7.31. The highest BCUT2D eigenvalue weighted by Gasteiger charge is 2.28. The number of aryl methyl sites for hydroxylation is 1. The SMILES string of the molecule is CCn1ccnc1[C@@H]1CCCN(C(=O)c2cccc(N3CCOCC3)c2)C1. The Kier molecular flexibility index (Phi) is 5.43. The largest absolute Gasteiger partial charge is 0.378 e. The Hall–Kier alpha value is -2.34. The van der Waals surface area contributed by atoms with E-state index < -0.39 is 0 Å². The predicted molar refractivity (Wildman–Crippen MR) is 105 cm³/mol. The molecule has 2 fully saturated rings. The van der Waals surface area contributed by atoms with Gasteiger partial charge in [-0.15, -0.1) is 0 Å². The third-order valence-electron chi connectivity index (χ3n) is 5.63. The fourth-order valence-corrected chi connectivity index (χ4v) is 4.16. The summed E-state index contributed by atoms with van der Waals surface area (Å²) in [5.41, 5.74) is 1.89. The Balaban J connectivity index is 1.49. The maximum Gasteiger partial charge on any atom is 0.253 e. The third-order valence-corrected chi connectivity index (χ3v) is 5.63. The molecule has 2 aromatic rings. The smallest absolute Gasteiger partial charge is 0.253 e. The number of benzene rings is 1. The average Bonchev–Trinajstić information content (AvgIpc) is 3.23. The van der Waals surface area contributed by atoms with E-state index in [9.17, 15) is 4.79 Å². The first kappa shape index (κ1) is 18.0. The molecule has 1 atom stereocenters. The van der Waals surface area contributed by atoms with Crippen LogP contribution >= 0.6 is 0 Å². The lowest BCUT2D eigenvalue weighted by Crippen LogP contribution is -2.40. The van der Waals surface area contributed by atoms with Gasteiger partial charge >= 0.3 is 0 Å². The minimum atomic E-state index is 0.129. The van der Waals surface area contributed by atoms with E-state index in [4.69, 9.17) is 4.74 Å². The first-order valence-corrected chi connectivity index (χ1v) is 9.99. The van der Waals surface area contributed by atoms with E-state index in [0.717, 1.165) is 75.9 Å². The van der Waals surface area contributed by atoms with Crippen LogP contribution in [0.1, 0.15) is 41.9 Å². The van der Waals surface area contributed by atoms with Crippen molar-refractivity contribution in [2.45, 2.75) is 32.2 Å². The van der Waals surface area contributed by atoms with E-state index in [-0.39, 0.29) is 5.91 Å². The van der Waals surface area contributed by atoms with Crippen molar-refractivity contribution in [3.8, 4) is 0 Å². The molecular weight excluding hydrogens is 340 g/mol. The van der Waals surface area contributed by atoms with Crippen molar-refractivity contribution in [3.05, 3.63) is 48.0 Å². The van der Waals surface area contributed by atoms with E-state index in [2.05, 4.69) is 27.4 Å². The monoisotopic (exact) mass is 368 g/mol. The summed E-state index contributed by atoms with van der Waals surface area (Å²) in [6.45, 7) is 7.87. The number of carbonyl (C=O) groups excluding carboxylic acids is 1. The molecule has 27 heavy (non-hydrogen) atoms. The van der Waals surface area contributed by atoms with Gasteiger partial charge in [0.15, 0.2) is 0 Å². The number of hydrogen-bond acceptors (Lipinski definition) is 4. The van der Waals surface area contributed by atoms with E-state index in [0.29, 0.717) is 5.92 Å². The first-order chi connectivity index (χ1) is 13.3. The molecule has 3 heterocycles. The molecular formula is C21H28N4O2. The van der Waals surface area contributed by atoms with Gasteiger partial charge < -0.3 is 19.1 Å². The minimum Gasteiger partial charge on any atom is -0.378 e. The van der Waals surface area contributed by atoms with Crippen molar-refractivity contribution < 1.29 is 9.53 Å². The number of likely N-dealkylation sites (tertiary alicyclic amines) is 1. The van der Waals surface area contributed by atoms with Gasteiger partial charge in [-0.05, 0) is 38.0 Å². The zero-order valence-corrected chi connectivity index (χ0v) is 16.0.